The summed E-state index contributed by atoms with van der Waals surface area (Å²) in [5.74, 6) is -5.37. The highest BCUT2D eigenvalue weighted by molar-refractivity contribution is 5.95. The van der Waals surface area contributed by atoms with Crippen LogP contribution in [0.3, 0.4) is 0 Å². The van der Waals surface area contributed by atoms with Gasteiger partial charge in [0.15, 0.2) is 0 Å². The lowest BCUT2D eigenvalue weighted by Crippen LogP contribution is -2.57. The van der Waals surface area contributed by atoms with Crippen LogP contribution in [0.15, 0.2) is 0 Å². The lowest BCUT2D eigenvalue weighted by molar-refractivity contribution is -0.141. The zero-order chi connectivity index (χ0) is 22.6. The Bertz CT molecular complexity index is 597. The number of rotatable bonds is 14. The predicted octanol–water partition coefficient (Wildman–Crippen LogP) is -2.26. The molecule has 0 aliphatic heterocycles. The number of unbranched alkanes of at least 4 members (excludes halogenated alkanes) is 1. The van der Waals surface area contributed by atoms with Gasteiger partial charge in [0.1, 0.15) is 18.6 Å². The van der Waals surface area contributed by atoms with E-state index in [0.29, 0.717) is 25.8 Å². The molecule has 0 bridgehead atoms. The molecule has 0 rings (SSSR count). The molecule has 0 aromatic carbocycles. The average Bonchev–Trinajstić information content (AvgIpc) is 2.62. The van der Waals surface area contributed by atoms with E-state index in [1.54, 1.807) is 13.8 Å². The summed E-state index contributed by atoms with van der Waals surface area (Å²) in [6.07, 6.45) is 0.981. The van der Waals surface area contributed by atoms with Crippen LogP contribution in [0.1, 0.15) is 39.5 Å². The van der Waals surface area contributed by atoms with E-state index < -0.39 is 60.8 Å². The Morgan fingerprint density at radius 3 is 2.00 bits per heavy atom. The summed E-state index contributed by atoms with van der Waals surface area (Å²) >= 11 is 0. The van der Waals surface area contributed by atoms with Crippen molar-refractivity contribution in [3.05, 3.63) is 0 Å². The smallest absolute Gasteiger partial charge is 0.322 e. The Labute approximate surface area is 168 Å². The monoisotopic (exact) mass is 417 g/mol. The third-order valence-electron chi connectivity index (χ3n) is 3.98. The number of amides is 3. The molecule has 0 saturated carbocycles. The lowest BCUT2D eigenvalue weighted by Gasteiger charge is -2.25. The van der Waals surface area contributed by atoms with Gasteiger partial charge in [0, 0.05) is 0 Å². The van der Waals surface area contributed by atoms with Gasteiger partial charge in [-0.05, 0) is 25.3 Å². The van der Waals surface area contributed by atoms with E-state index in [1.807, 2.05) is 5.32 Å². The molecule has 29 heavy (non-hydrogen) atoms. The van der Waals surface area contributed by atoms with Gasteiger partial charge in [0.05, 0.1) is 12.5 Å². The fourth-order valence-corrected chi connectivity index (χ4v) is 2.37. The number of aliphatic carboxylic acids is 2. The first-order chi connectivity index (χ1) is 13.5. The summed E-state index contributed by atoms with van der Waals surface area (Å²) in [6.45, 7) is 3.05. The van der Waals surface area contributed by atoms with Crippen molar-refractivity contribution in [2.75, 3.05) is 13.1 Å². The molecule has 0 aliphatic carbocycles. The van der Waals surface area contributed by atoms with E-state index in [1.165, 1.54) is 0 Å². The van der Waals surface area contributed by atoms with Crippen molar-refractivity contribution < 1.29 is 34.2 Å². The minimum Gasteiger partial charge on any atom is -0.481 e. The maximum absolute atomic E-state index is 12.6. The van der Waals surface area contributed by atoms with Crippen molar-refractivity contribution in [2.45, 2.75) is 57.7 Å². The summed E-state index contributed by atoms with van der Waals surface area (Å²) in [7, 11) is 0. The van der Waals surface area contributed by atoms with E-state index in [4.69, 9.17) is 21.7 Å². The van der Waals surface area contributed by atoms with Crippen LogP contribution in [0.4, 0.5) is 0 Å². The first-order valence-electron chi connectivity index (χ1n) is 9.27. The molecule has 166 valence electrons. The molecule has 0 aromatic heterocycles. The molecular weight excluding hydrogens is 386 g/mol. The Morgan fingerprint density at radius 1 is 0.897 bits per heavy atom. The average molecular weight is 417 g/mol. The van der Waals surface area contributed by atoms with Gasteiger partial charge in [-0.1, -0.05) is 20.3 Å². The molecule has 0 radical (unpaired) electrons. The van der Waals surface area contributed by atoms with Crippen LogP contribution in [-0.2, 0) is 24.0 Å². The third-order valence-corrected chi connectivity index (χ3v) is 3.98. The molecule has 3 atom stereocenters. The first-order valence-corrected chi connectivity index (χ1v) is 9.27. The molecule has 12 heteroatoms. The van der Waals surface area contributed by atoms with Crippen molar-refractivity contribution in [1.82, 2.24) is 16.0 Å². The van der Waals surface area contributed by atoms with Crippen LogP contribution in [0.2, 0.25) is 0 Å². The van der Waals surface area contributed by atoms with E-state index >= 15 is 0 Å². The molecule has 0 fully saturated rings. The third kappa shape index (κ3) is 11.0. The van der Waals surface area contributed by atoms with E-state index in [-0.39, 0.29) is 5.92 Å². The number of carbonyl (C=O) groups is 5. The summed E-state index contributed by atoms with van der Waals surface area (Å²) in [4.78, 5) is 58.4. The zero-order valence-electron chi connectivity index (χ0n) is 16.6. The van der Waals surface area contributed by atoms with Crippen molar-refractivity contribution in [2.24, 2.45) is 17.4 Å². The fraction of sp³-hybridized carbons (Fsp3) is 0.706. The quantitative estimate of drug-likeness (QED) is 0.152. The summed E-state index contributed by atoms with van der Waals surface area (Å²) in [5.41, 5.74) is 11.2. The Morgan fingerprint density at radius 2 is 1.52 bits per heavy atom. The fourth-order valence-electron chi connectivity index (χ4n) is 2.37. The van der Waals surface area contributed by atoms with Gasteiger partial charge < -0.3 is 37.6 Å². The number of nitrogens with one attached hydrogen (secondary N) is 3. The van der Waals surface area contributed by atoms with Gasteiger partial charge in [-0.25, -0.2) is 0 Å². The number of hydrogen-bond donors (Lipinski definition) is 7. The molecule has 0 aromatic rings. The van der Waals surface area contributed by atoms with Crippen LogP contribution >= 0.6 is 0 Å². The largest absolute Gasteiger partial charge is 0.481 e. The van der Waals surface area contributed by atoms with Crippen LogP contribution in [0.25, 0.3) is 0 Å². The second kappa shape index (κ2) is 13.4. The summed E-state index contributed by atoms with van der Waals surface area (Å²) < 4.78 is 0. The molecule has 0 saturated heterocycles. The Hall–Kier alpha value is -2.73. The van der Waals surface area contributed by atoms with Gasteiger partial charge in [0.2, 0.25) is 17.7 Å². The maximum Gasteiger partial charge on any atom is 0.322 e. The van der Waals surface area contributed by atoms with Crippen molar-refractivity contribution in [3.8, 4) is 0 Å². The highest BCUT2D eigenvalue weighted by atomic mass is 16.4. The summed E-state index contributed by atoms with van der Waals surface area (Å²) in [6, 6.07) is -3.41. The molecule has 0 spiro atoms. The molecule has 0 heterocycles. The molecular formula is C17H31N5O7. The van der Waals surface area contributed by atoms with Crippen molar-refractivity contribution in [3.63, 3.8) is 0 Å². The highest BCUT2D eigenvalue weighted by Crippen LogP contribution is 2.06. The minimum absolute atomic E-state index is 0.384. The van der Waals surface area contributed by atoms with Gasteiger partial charge in [-0.3, -0.25) is 24.0 Å². The van der Waals surface area contributed by atoms with Crippen LogP contribution < -0.4 is 27.4 Å². The molecule has 9 N–H and O–H groups in total. The topological polar surface area (TPSA) is 214 Å². The van der Waals surface area contributed by atoms with Gasteiger partial charge in [0.25, 0.3) is 0 Å². The molecule has 3 unspecified atom stereocenters. The van der Waals surface area contributed by atoms with Crippen molar-refractivity contribution >= 4 is 29.7 Å². The number of hydrogen-bond acceptors (Lipinski definition) is 7. The Kier molecular flexibility index (Phi) is 12.2. The van der Waals surface area contributed by atoms with Crippen LogP contribution in [-0.4, -0.2) is 71.1 Å². The van der Waals surface area contributed by atoms with Crippen LogP contribution in [0.5, 0.6) is 0 Å². The molecule has 3 amide bonds. The van der Waals surface area contributed by atoms with Gasteiger partial charge in [-0.2, -0.15) is 0 Å². The van der Waals surface area contributed by atoms with E-state index in [0.717, 1.165) is 0 Å². The van der Waals surface area contributed by atoms with E-state index in [2.05, 4.69) is 10.6 Å². The first kappa shape index (κ1) is 26.3. The van der Waals surface area contributed by atoms with Gasteiger partial charge >= 0.3 is 11.9 Å². The second-order valence-electron chi connectivity index (χ2n) is 6.89. The maximum atomic E-state index is 12.6. The van der Waals surface area contributed by atoms with Crippen LogP contribution in [0, 0.1) is 5.92 Å². The zero-order valence-corrected chi connectivity index (χ0v) is 16.6. The predicted molar refractivity (Wildman–Crippen MR) is 102 cm³/mol. The Balaban J connectivity index is 5.08. The normalized spacial score (nSPS) is 13.8. The molecule has 0 aliphatic rings. The lowest BCUT2D eigenvalue weighted by atomic mass is 10.0. The second-order valence-corrected chi connectivity index (χ2v) is 6.89. The number of nitrogens with two attached hydrogens (primary N) is 2. The number of carboxylic acid groups (broad SMARTS) is 2. The minimum atomic E-state index is -1.50. The highest BCUT2D eigenvalue weighted by Gasteiger charge is 2.31. The van der Waals surface area contributed by atoms with Crippen molar-refractivity contribution in [1.29, 1.82) is 0 Å². The summed E-state index contributed by atoms with van der Waals surface area (Å²) in [5, 5.41) is 24.3. The van der Waals surface area contributed by atoms with E-state index in [9.17, 15) is 24.0 Å². The SMILES string of the molecule is CC(C)C(NC(=O)C(N)CCCCN)C(=O)NC(CC(=O)O)C(=O)NCC(=O)O. The number of carbonyl (C=O) groups excluding carboxylic acids is 3. The van der Waals surface area contributed by atoms with Gasteiger partial charge in [-0.15, -0.1) is 0 Å². The number of carboxylic acids is 2. The standard InChI is InChI=1S/C17H31N5O7/c1-9(2)14(22-15(27)10(19)5-3-4-6-18)17(29)21-11(7-12(23)24)16(28)20-8-13(25)26/h9-11,14H,3-8,18-19H2,1-2H3,(H,20,28)(H,21,29)(H,22,27)(H,23,24)(H,25,26). The molecule has 12 nitrogen and oxygen atoms in total.